The lowest BCUT2D eigenvalue weighted by Crippen LogP contribution is -2.15. The molecule has 2 aromatic rings. The number of aromatic nitrogens is 2. The molecule has 1 amide bonds. The number of carbonyl (C=O) groups excluding carboxylic acids is 1. The van der Waals surface area contributed by atoms with Gasteiger partial charge in [0.05, 0.1) is 24.5 Å². The number of amides is 1. The molecule has 0 saturated carbocycles. The van der Waals surface area contributed by atoms with Crippen LogP contribution in [0.2, 0.25) is 0 Å². The van der Waals surface area contributed by atoms with Gasteiger partial charge in [0.1, 0.15) is 5.82 Å². The first-order chi connectivity index (χ1) is 11.6. The zero-order valence-corrected chi connectivity index (χ0v) is 13.7. The molecule has 1 saturated heterocycles. The molecule has 1 aliphatic heterocycles. The van der Waals surface area contributed by atoms with Gasteiger partial charge in [0.15, 0.2) is 0 Å². The molecule has 1 aromatic carbocycles. The first-order valence-corrected chi connectivity index (χ1v) is 8.29. The third kappa shape index (κ3) is 4.41. The fraction of sp³-hybridized carbons (Fsp3) is 0.444. The Morgan fingerprint density at radius 1 is 1.46 bits per heavy atom. The molecule has 2 heterocycles. The van der Waals surface area contributed by atoms with Gasteiger partial charge < -0.3 is 10.1 Å². The minimum absolute atomic E-state index is 0.0209. The average Bonchev–Trinajstić information content (AvgIpc) is 3.20. The standard InChI is InChI=1S/C18H22FN3O2/c1-13(14-4-6-15(19)7-5-14)9-18(23)21-16-10-20-22(11-16)12-17-3-2-8-24-17/h4-7,10-11,13,17H,2-3,8-9,12H2,1H3,(H,21,23)/t13-,17-/m1/s1. The molecule has 5 nitrogen and oxygen atoms in total. The molecule has 0 radical (unpaired) electrons. The zero-order chi connectivity index (χ0) is 16.9. The Morgan fingerprint density at radius 2 is 2.25 bits per heavy atom. The van der Waals surface area contributed by atoms with Crippen LogP contribution in [-0.4, -0.2) is 28.4 Å². The Labute approximate surface area is 140 Å². The molecule has 1 aromatic heterocycles. The van der Waals surface area contributed by atoms with Crippen LogP contribution in [0.5, 0.6) is 0 Å². The van der Waals surface area contributed by atoms with Crippen LogP contribution in [0.4, 0.5) is 10.1 Å². The summed E-state index contributed by atoms with van der Waals surface area (Å²) >= 11 is 0. The van der Waals surface area contributed by atoms with E-state index in [0.29, 0.717) is 18.7 Å². The number of halogens is 1. The maximum Gasteiger partial charge on any atom is 0.225 e. The largest absolute Gasteiger partial charge is 0.376 e. The van der Waals surface area contributed by atoms with E-state index in [-0.39, 0.29) is 23.7 Å². The number of ether oxygens (including phenoxy) is 1. The average molecular weight is 331 g/mol. The second kappa shape index (κ2) is 7.57. The Hall–Kier alpha value is -2.21. The molecule has 1 aliphatic rings. The van der Waals surface area contributed by atoms with Crippen LogP contribution in [0.1, 0.15) is 37.7 Å². The number of hydrogen-bond acceptors (Lipinski definition) is 3. The Balaban J connectivity index is 1.51. The molecule has 0 spiro atoms. The lowest BCUT2D eigenvalue weighted by atomic mass is 9.97. The van der Waals surface area contributed by atoms with Gasteiger partial charge in [0.2, 0.25) is 5.91 Å². The minimum atomic E-state index is -0.269. The van der Waals surface area contributed by atoms with Crippen LogP contribution >= 0.6 is 0 Å². The number of nitrogens with zero attached hydrogens (tertiary/aromatic N) is 2. The van der Waals surface area contributed by atoms with Gasteiger partial charge >= 0.3 is 0 Å². The van der Waals surface area contributed by atoms with Crippen molar-refractivity contribution in [1.29, 1.82) is 0 Å². The van der Waals surface area contributed by atoms with Crippen molar-refractivity contribution in [2.75, 3.05) is 11.9 Å². The van der Waals surface area contributed by atoms with E-state index in [1.807, 2.05) is 13.1 Å². The Bertz CT molecular complexity index is 678. The molecule has 1 fully saturated rings. The van der Waals surface area contributed by atoms with E-state index in [0.717, 1.165) is 25.0 Å². The van der Waals surface area contributed by atoms with E-state index in [9.17, 15) is 9.18 Å². The van der Waals surface area contributed by atoms with Crippen LogP contribution in [0.15, 0.2) is 36.7 Å². The van der Waals surface area contributed by atoms with E-state index in [1.165, 1.54) is 12.1 Å². The van der Waals surface area contributed by atoms with Crippen LogP contribution in [0.3, 0.4) is 0 Å². The highest BCUT2D eigenvalue weighted by atomic mass is 19.1. The quantitative estimate of drug-likeness (QED) is 0.883. The maximum absolute atomic E-state index is 13.0. The van der Waals surface area contributed by atoms with Crippen molar-refractivity contribution in [3.63, 3.8) is 0 Å². The predicted molar refractivity (Wildman–Crippen MR) is 89.3 cm³/mol. The number of benzene rings is 1. The van der Waals surface area contributed by atoms with Crippen molar-refractivity contribution in [1.82, 2.24) is 9.78 Å². The number of carbonyl (C=O) groups is 1. The fourth-order valence-electron chi connectivity index (χ4n) is 2.92. The molecule has 2 atom stereocenters. The van der Waals surface area contributed by atoms with Gasteiger partial charge in [-0.3, -0.25) is 9.48 Å². The van der Waals surface area contributed by atoms with Crippen molar-refractivity contribution in [2.24, 2.45) is 0 Å². The summed E-state index contributed by atoms with van der Waals surface area (Å²) in [7, 11) is 0. The fourth-order valence-corrected chi connectivity index (χ4v) is 2.92. The van der Waals surface area contributed by atoms with Crippen molar-refractivity contribution in [3.8, 4) is 0 Å². The summed E-state index contributed by atoms with van der Waals surface area (Å²) in [4.78, 5) is 12.2. The lowest BCUT2D eigenvalue weighted by Gasteiger charge is -2.11. The van der Waals surface area contributed by atoms with Crippen LogP contribution in [0, 0.1) is 5.82 Å². The maximum atomic E-state index is 13.0. The lowest BCUT2D eigenvalue weighted by molar-refractivity contribution is -0.116. The van der Waals surface area contributed by atoms with Gasteiger partial charge in [-0.05, 0) is 36.5 Å². The molecule has 1 N–H and O–H groups in total. The SMILES string of the molecule is C[C@H](CC(=O)Nc1cnn(C[C@H]2CCCO2)c1)c1ccc(F)cc1. The van der Waals surface area contributed by atoms with Gasteiger partial charge in [0.25, 0.3) is 0 Å². The Kier molecular flexibility index (Phi) is 5.25. The predicted octanol–water partition coefficient (Wildman–Crippen LogP) is 3.33. The van der Waals surface area contributed by atoms with Gasteiger partial charge in [-0.2, -0.15) is 5.10 Å². The number of anilines is 1. The second-order valence-corrected chi connectivity index (χ2v) is 6.29. The van der Waals surface area contributed by atoms with Crippen molar-refractivity contribution in [2.45, 2.75) is 44.8 Å². The van der Waals surface area contributed by atoms with E-state index in [4.69, 9.17) is 4.74 Å². The summed E-state index contributed by atoms with van der Waals surface area (Å²) in [6.07, 6.45) is 6.17. The monoisotopic (exact) mass is 331 g/mol. The number of rotatable bonds is 6. The van der Waals surface area contributed by atoms with Gasteiger partial charge in [-0.15, -0.1) is 0 Å². The third-order valence-corrected chi connectivity index (χ3v) is 4.26. The minimum Gasteiger partial charge on any atom is -0.376 e. The number of nitrogens with one attached hydrogen (secondary N) is 1. The molecule has 6 heteroatoms. The molecule has 24 heavy (non-hydrogen) atoms. The first kappa shape index (κ1) is 16.6. The highest BCUT2D eigenvalue weighted by Crippen LogP contribution is 2.20. The van der Waals surface area contributed by atoms with E-state index in [1.54, 1.807) is 23.0 Å². The summed E-state index contributed by atoms with van der Waals surface area (Å²) in [6, 6.07) is 6.26. The van der Waals surface area contributed by atoms with E-state index in [2.05, 4.69) is 10.4 Å². The zero-order valence-electron chi connectivity index (χ0n) is 13.7. The normalized spacial score (nSPS) is 18.5. The Morgan fingerprint density at radius 3 is 2.96 bits per heavy atom. The highest BCUT2D eigenvalue weighted by Gasteiger charge is 2.17. The van der Waals surface area contributed by atoms with Gasteiger partial charge in [-0.25, -0.2) is 4.39 Å². The van der Waals surface area contributed by atoms with Gasteiger partial charge in [-0.1, -0.05) is 19.1 Å². The molecule has 0 unspecified atom stereocenters. The van der Waals surface area contributed by atoms with Crippen molar-refractivity contribution in [3.05, 3.63) is 48.0 Å². The molecule has 3 rings (SSSR count). The molecular formula is C18H22FN3O2. The van der Waals surface area contributed by atoms with Crippen LogP contribution in [-0.2, 0) is 16.1 Å². The smallest absolute Gasteiger partial charge is 0.225 e. The third-order valence-electron chi connectivity index (χ3n) is 4.26. The number of hydrogen-bond donors (Lipinski definition) is 1. The van der Waals surface area contributed by atoms with Gasteiger partial charge in [0, 0.05) is 19.2 Å². The summed E-state index contributed by atoms with van der Waals surface area (Å²) in [6.45, 7) is 3.48. The summed E-state index contributed by atoms with van der Waals surface area (Å²) in [5.41, 5.74) is 1.63. The summed E-state index contributed by atoms with van der Waals surface area (Å²) < 4.78 is 20.3. The summed E-state index contributed by atoms with van der Waals surface area (Å²) in [5.74, 6) is -0.329. The topological polar surface area (TPSA) is 56.2 Å². The highest BCUT2D eigenvalue weighted by molar-refractivity contribution is 5.90. The first-order valence-electron chi connectivity index (χ1n) is 8.29. The second-order valence-electron chi connectivity index (χ2n) is 6.29. The summed E-state index contributed by atoms with van der Waals surface area (Å²) in [5, 5.41) is 7.12. The van der Waals surface area contributed by atoms with Crippen molar-refractivity contribution < 1.29 is 13.9 Å². The van der Waals surface area contributed by atoms with E-state index < -0.39 is 0 Å². The van der Waals surface area contributed by atoms with Crippen molar-refractivity contribution >= 4 is 11.6 Å². The molecule has 0 aliphatic carbocycles. The van der Waals surface area contributed by atoms with Crippen LogP contribution < -0.4 is 5.32 Å². The molecule has 0 bridgehead atoms. The van der Waals surface area contributed by atoms with E-state index >= 15 is 0 Å². The molecular weight excluding hydrogens is 309 g/mol. The molecule has 128 valence electrons. The van der Waals surface area contributed by atoms with Crippen LogP contribution in [0.25, 0.3) is 0 Å².